The first-order valence-corrected chi connectivity index (χ1v) is 5.29. The maximum absolute atomic E-state index is 10.8. The number of likely N-dealkylation sites (N-methyl/N-ethyl adjacent to an activating group) is 1. The zero-order valence-electron chi connectivity index (χ0n) is 9.56. The van der Waals surface area contributed by atoms with Gasteiger partial charge in [-0.15, -0.1) is 0 Å². The molecule has 0 aliphatic rings. The number of hydrogen-bond acceptors (Lipinski definition) is 3. The zero-order chi connectivity index (χ0) is 12.0. The van der Waals surface area contributed by atoms with E-state index in [0.29, 0.717) is 0 Å². The van der Waals surface area contributed by atoms with Crippen molar-refractivity contribution in [3.63, 3.8) is 0 Å². The standard InChI is InChI=1S/C12H17NO3/c1-3-9-6-4-5-7-11(9)16-8-10(13-2)12(14)15/h4-7,10,13H,3,8H2,1-2H3,(H,14,15)/t10-/m0/s1. The molecule has 88 valence electrons. The van der Waals surface area contributed by atoms with Crippen molar-refractivity contribution < 1.29 is 14.6 Å². The number of para-hydroxylation sites is 1. The molecule has 1 aromatic rings. The number of benzene rings is 1. The normalized spacial score (nSPS) is 12.1. The van der Waals surface area contributed by atoms with Gasteiger partial charge in [0.15, 0.2) is 0 Å². The van der Waals surface area contributed by atoms with Crippen LogP contribution in [-0.2, 0) is 11.2 Å². The number of hydrogen-bond donors (Lipinski definition) is 2. The van der Waals surface area contributed by atoms with Gasteiger partial charge in [-0.1, -0.05) is 25.1 Å². The van der Waals surface area contributed by atoms with Crippen molar-refractivity contribution in [2.45, 2.75) is 19.4 Å². The number of ether oxygens (including phenoxy) is 1. The number of carboxylic acid groups (broad SMARTS) is 1. The highest BCUT2D eigenvalue weighted by Gasteiger charge is 2.15. The van der Waals surface area contributed by atoms with Crippen LogP contribution in [0.3, 0.4) is 0 Å². The second kappa shape index (κ2) is 6.12. The number of carboxylic acids is 1. The molecule has 0 heterocycles. The lowest BCUT2D eigenvalue weighted by Crippen LogP contribution is -2.39. The molecule has 1 rings (SSSR count). The average molecular weight is 223 g/mol. The molecule has 4 heteroatoms. The second-order valence-corrected chi connectivity index (χ2v) is 3.45. The minimum absolute atomic E-state index is 0.128. The minimum Gasteiger partial charge on any atom is -0.491 e. The van der Waals surface area contributed by atoms with Crippen LogP contribution in [0.1, 0.15) is 12.5 Å². The number of rotatable bonds is 6. The topological polar surface area (TPSA) is 58.6 Å². The third kappa shape index (κ3) is 3.24. The summed E-state index contributed by atoms with van der Waals surface area (Å²) in [5, 5.41) is 11.5. The van der Waals surface area contributed by atoms with Crippen molar-refractivity contribution in [2.24, 2.45) is 0 Å². The molecular formula is C12H17NO3. The Balaban J connectivity index is 2.63. The lowest BCUT2D eigenvalue weighted by Gasteiger charge is -2.14. The fourth-order valence-corrected chi connectivity index (χ4v) is 1.39. The van der Waals surface area contributed by atoms with Gasteiger partial charge in [0.25, 0.3) is 0 Å². The maximum Gasteiger partial charge on any atom is 0.324 e. The first-order chi connectivity index (χ1) is 7.69. The van der Waals surface area contributed by atoms with E-state index < -0.39 is 12.0 Å². The van der Waals surface area contributed by atoms with Crippen LogP contribution in [0.25, 0.3) is 0 Å². The van der Waals surface area contributed by atoms with E-state index in [9.17, 15) is 4.79 Å². The smallest absolute Gasteiger partial charge is 0.324 e. The van der Waals surface area contributed by atoms with Gasteiger partial charge in [-0.3, -0.25) is 4.79 Å². The van der Waals surface area contributed by atoms with Crippen LogP contribution in [0.15, 0.2) is 24.3 Å². The Morgan fingerprint density at radius 1 is 1.50 bits per heavy atom. The van der Waals surface area contributed by atoms with E-state index in [-0.39, 0.29) is 6.61 Å². The summed E-state index contributed by atoms with van der Waals surface area (Å²) in [6.07, 6.45) is 0.869. The Hall–Kier alpha value is -1.55. The van der Waals surface area contributed by atoms with Crippen LogP contribution in [0.5, 0.6) is 5.75 Å². The molecule has 0 radical (unpaired) electrons. The molecule has 0 aliphatic carbocycles. The van der Waals surface area contributed by atoms with Crippen LogP contribution in [0.4, 0.5) is 0 Å². The fraction of sp³-hybridized carbons (Fsp3) is 0.417. The van der Waals surface area contributed by atoms with Gasteiger partial charge in [-0.2, -0.15) is 0 Å². The third-order valence-corrected chi connectivity index (χ3v) is 2.41. The fourth-order valence-electron chi connectivity index (χ4n) is 1.39. The highest BCUT2D eigenvalue weighted by Crippen LogP contribution is 2.18. The molecule has 0 aliphatic heterocycles. The number of aryl methyl sites for hydroxylation is 1. The predicted molar refractivity (Wildman–Crippen MR) is 61.8 cm³/mol. The van der Waals surface area contributed by atoms with Crippen molar-refractivity contribution >= 4 is 5.97 Å². The summed E-state index contributed by atoms with van der Waals surface area (Å²) < 4.78 is 5.50. The molecule has 0 unspecified atom stereocenters. The Bertz CT molecular complexity index is 352. The number of carbonyl (C=O) groups is 1. The molecule has 0 amide bonds. The quantitative estimate of drug-likeness (QED) is 0.763. The van der Waals surface area contributed by atoms with Crippen LogP contribution in [0.2, 0.25) is 0 Å². The van der Waals surface area contributed by atoms with E-state index in [1.807, 2.05) is 31.2 Å². The molecule has 0 saturated carbocycles. The zero-order valence-corrected chi connectivity index (χ0v) is 9.56. The van der Waals surface area contributed by atoms with Gasteiger partial charge in [0.05, 0.1) is 0 Å². The van der Waals surface area contributed by atoms with Crippen LogP contribution < -0.4 is 10.1 Å². The van der Waals surface area contributed by atoms with Gasteiger partial charge in [-0.05, 0) is 25.1 Å². The molecular weight excluding hydrogens is 206 g/mol. The minimum atomic E-state index is -0.906. The Kier molecular flexibility index (Phi) is 4.79. The molecule has 16 heavy (non-hydrogen) atoms. The Morgan fingerprint density at radius 3 is 2.75 bits per heavy atom. The molecule has 4 nitrogen and oxygen atoms in total. The maximum atomic E-state index is 10.8. The number of nitrogens with one attached hydrogen (secondary N) is 1. The van der Waals surface area contributed by atoms with Gasteiger partial charge in [0.2, 0.25) is 0 Å². The first-order valence-electron chi connectivity index (χ1n) is 5.29. The highest BCUT2D eigenvalue weighted by molar-refractivity contribution is 5.73. The van der Waals surface area contributed by atoms with Crippen LogP contribution in [-0.4, -0.2) is 30.8 Å². The molecule has 0 saturated heterocycles. The Morgan fingerprint density at radius 2 is 2.19 bits per heavy atom. The van der Waals surface area contributed by atoms with E-state index in [1.165, 1.54) is 0 Å². The first kappa shape index (κ1) is 12.5. The second-order valence-electron chi connectivity index (χ2n) is 3.45. The van der Waals surface area contributed by atoms with E-state index in [2.05, 4.69) is 5.32 Å². The SMILES string of the molecule is CCc1ccccc1OC[C@H](NC)C(=O)O. The monoisotopic (exact) mass is 223 g/mol. The molecule has 1 aromatic carbocycles. The van der Waals surface area contributed by atoms with Crippen molar-refractivity contribution in [2.75, 3.05) is 13.7 Å². The summed E-state index contributed by atoms with van der Waals surface area (Å²) in [6, 6.07) is 6.98. The van der Waals surface area contributed by atoms with Gasteiger partial charge >= 0.3 is 5.97 Å². The largest absolute Gasteiger partial charge is 0.491 e. The summed E-state index contributed by atoms with van der Waals surface area (Å²) in [4.78, 5) is 10.8. The molecule has 1 atom stereocenters. The summed E-state index contributed by atoms with van der Waals surface area (Å²) >= 11 is 0. The summed E-state index contributed by atoms with van der Waals surface area (Å²) in [5.41, 5.74) is 1.09. The van der Waals surface area contributed by atoms with Crippen molar-refractivity contribution in [3.05, 3.63) is 29.8 Å². The van der Waals surface area contributed by atoms with Crippen LogP contribution in [0, 0.1) is 0 Å². The lowest BCUT2D eigenvalue weighted by molar-refractivity contribution is -0.140. The van der Waals surface area contributed by atoms with Gasteiger partial charge in [0, 0.05) is 0 Å². The number of aliphatic carboxylic acids is 1. The molecule has 0 aromatic heterocycles. The molecule has 2 N–H and O–H groups in total. The third-order valence-electron chi connectivity index (χ3n) is 2.41. The molecule has 0 fully saturated rings. The van der Waals surface area contributed by atoms with E-state index >= 15 is 0 Å². The van der Waals surface area contributed by atoms with Crippen molar-refractivity contribution in [1.29, 1.82) is 0 Å². The van der Waals surface area contributed by atoms with Gasteiger partial charge < -0.3 is 15.2 Å². The highest BCUT2D eigenvalue weighted by atomic mass is 16.5. The van der Waals surface area contributed by atoms with Gasteiger partial charge in [-0.25, -0.2) is 0 Å². The predicted octanol–water partition coefficient (Wildman–Crippen LogP) is 1.30. The summed E-state index contributed by atoms with van der Waals surface area (Å²) in [6.45, 7) is 2.16. The van der Waals surface area contributed by atoms with E-state index in [0.717, 1.165) is 17.7 Å². The molecule has 0 spiro atoms. The summed E-state index contributed by atoms with van der Waals surface area (Å²) in [7, 11) is 1.61. The summed E-state index contributed by atoms with van der Waals surface area (Å²) in [5.74, 6) is -0.150. The van der Waals surface area contributed by atoms with E-state index in [4.69, 9.17) is 9.84 Å². The van der Waals surface area contributed by atoms with Crippen molar-refractivity contribution in [3.8, 4) is 5.75 Å². The average Bonchev–Trinajstić information content (AvgIpc) is 2.30. The van der Waals surface area contributed by atoms with Gasteiger partial charge in [0.1, 0.15) is 18.4 Å². The van der Waals surface area contributed by atoms with Crippen molar-refractivity contribution in [1.82, 2.24) is 5.32 Å². The molecule has 0 bridgehead atoms. The Labute approximate surface area is 95.2 Å². The lowest BCUT2D eigenvalue weighted by atomic mass is 10.1. The van der Waals surface area contributed by atoms with Crippen LogP contribution >= 0.6 is 0 Å². The van der Waals surface area contributed by atoms with E-state index in [1.54, 1.807) is 7.05 Å².